The molecule has 1 N–H and O–H groups in total. The van der Waals surface area contributed by atoms with Gasteiger partial charge in [-0.3, -0.25) is 4.79 Å². The first-order chi connectivity index (χ1) is 13.7. The Kier molecular flexibility index (Phi) is 5.85. The van der Waals surface area contributed by atoms with Gasteiger partial charge in [0.15, 0.2) is 11.5 Å². The van der Waals surface area contributed by atoms with E-state index in [1.165, 1.54) is 11.4 Å². The molecule has 2 heterocycles. The number of hydrogen-bond acceptors (Lipinski definition) is 5. The standard InChI is InChI=1S/C22H28N2O3S/c1-16-14-28-20(24-16)7-3-6-12-23-21(25)22(10-4-2-5-11-22)17-8-9-18-19(13-17)27-15-26-18/h8-9,13-14H,2-7,10-12,15H2,1H3,(H,23,25). The number of aromatic nitrogens is 1. The topological polar surface area (TPSA) is 60.5 Å². The highest BCUT2D eigenvalue weighted by Crippen LogP contribution is 2.43. The monoisotopic (exact) mass is 400 g/mol. The summed E-state index contributed by atoms with van der Waals surface area (Å²) in [5, 5.41) is 6.50. The number of aryl methyl sites for hydroxylation is 2. The van der Waals surface area contributed by atoms with E-state index in [0.717, 1.165) is 74.2 Å². The summed E-state index contributed by atoms with van der Waals surface area (Å²) in [6, 6.07) is 6.00. The average molecular weight is 401 g/mol. The fraction of sp³-hybridized carbons (Fsp3) is 0.545. The van der Waals surface area contributed by atoms with Crippen LogP contribution in [0.3, 0.4) is 0 Å². The predicted molar refractivity (Wildman–Crippen MR) is 110 cm³/mol. The Labute approximate surface area is 170 Å². The van der Waals surface area contributed by atoms with Crippen LogP contribution in [0, 0.1) is 6.92 Å². The average Bonchev–Trinajstić information content (AvgIpc) is 3.36. The number of thiazole rings is 1. The number of nitrogens with one attached hydrogen (secondary N) is 1. The summed E-state index contributed by atoms with van der Waals surface area (Å²) >= 11 is 1.72. The van der Waals surface area contributed by atoms with E-state index in [9.17, 15) is 4.79 Å². The van der Waals surface area contributed by atoms with Crippen LogP contribution in [0.1, 0.15) is 61.2 Å². The molecule has 0 unspecified atom stereocenters. The minimum absolute atomic E-state index is 0.163. The number of nitrogens with zero attached hydrogens (tertiary/aromatic N) is 1. The number of fused-ring (bicyclic) bond motifs is 1. The van der Waals surface area contributed by atoms with Gasteiger partial charge in [0.05, 0.1) is 10.4 Å². The fourth-order valence-electron chi connectivity index (χ4n) is 4.29. The normalized spacial score (nSPS) is 17.5. The number of hydrogen-bond donors (Lipinski definition) is 1. The van der Waals surface area contributed by atoms with Gasteiger partial charge in [-0.2, -0.15) is 0 Å². The van der Waals surface area contributed by atoms with Gasteiger partial charge in [0.25, 0.3) is 0 Å². The molecule has 5 nitrogen and oxygen atoms in total. The van der Waals surface area contributed by atoms with Gasteiger partial charge in [-0.25, -0.2) is 4.98 Å². The second-order valence-corrected chi connectivity index (χ2v) is 8.75. The second-order valence-electron chi connectivity index (χ2n) is 7.81. The molecule has 2 aromatic rings. The fourth-order valence-corrected chi connectivity index (χ4v) is 5.10. The Morgan fingerprint density at radius 3 is 2.79 bits per heavy atom. The van der Waals surface area contributed by atoms with Gasteiger partial charge in [-0.15, -0.1) is 11.3 Å². The first kappa shape index (κ1) is 19.2. The van der Waals surface area contributed by atoms with Crippen molar-refractivity contribution in [3.8, 4) is 11.5 Å². The van der Waals surface area contributed by atoms with Gasteiger partial charge in [0, 0.05) is 17.6 Å². The highest BCUT2D eigenvalue weighted by atomic mass is 32.1. The zero-order valence-electron chi connectivity index (χ0n) is 16.5. The maximum absolute atomic E-state index is 13.3. The molecule has 1 fully saturated rings. The molecule has 1 saturated carbocycles. The molecule has 1 aliphatic carbocycles. The van der Waals surface area contributed by atoms with Crippen molar-refractivity contribution in [2.45, 2.75) is 63.7 Å². The van der Waals surface area contributed by atoms with Crippen molar-refractivity contribution in [2.24, 2.45) is 0 Å². The lowest BCUT2D eigenvalue weighted by Crippen LogP contribution is -2.46. The van der Waals surface area contributed by atoms with Crippen LogP contribution in [0.5, 0.6) is 11.5 Å². The Hall–Kier alpha value is -2.08. The van der Waals surface area contributed by atoms with Crippen molar-refractivity contribution in [3.63, 3.8) is 0 Å². The van der Waals surface area contributed by atoms with Gasteiger partial charge >= 0.3 is 0 Å². The SMILES string of the molecule is Cc1csc(CCCCNC(=O)C2(c3ccc4c(c3)OCO4)CCCCC2)n1. The molecule has 4 rings (SSSR count). The van der Waals surface area contributed by atoms with Gasteiger partial charge in [-0.05, 0) is 56.7 Å². The number of rotatable bonds is 7. The largest absolute Gasteiger partial charge is 0.454 e. The maximum Gasteiger partial charge on any atom is 0.231 e. The number of benzene rings is 1. The van der Waals surface area contributed by atoms with E-state index >= 15 is 0 Å². The van der Waals surface area contributed by atoms with E-state index in [1.807, 2.05) is 25.1 Å². The van der Waals surface area contributed by atoms with Gasteiger partial charge in [0.1, 0.15) is 0 Å². The molecule has 1 aliphatic heterocycles. The third kappa shape index (κ3) is 4.02. The lowest BCUT2D eigenvalue weighted by Gasteiger charge is -2.36. The Morgan fingerprint density at radius 2 is 2.00 bits per heavy atom. The van der Waals surface area contributed by atoms with E-state index in [1.54, 1.807) is 11.3 Å². The van der Waals surface area contributed by atoms with Crippen molar-refractivity contribution < 1.29 is 14.3 Å². The van der Waals surface area contributed by atoms with Crippen LogP contribution in [0.4, 0.5) is 0 Å². The highest BCUT2D eigenvalue weighted by molar-refractivity contribution is 7.09. The van der Waals surface area contributed by atoms with Crippen LogP contribution < -0.4 is 14.8 Å². The summed E-state index contributed by atoms with van der Waals surface area (Å²) in [5.74, 6) is 1.69. The van der Waals surface area contributed by atoms with E-state index in [-0.39, 0.29) is 12.7 Å². The first-order valence-electron chi connectivity index (χ1n) is 10.3. The first-order valence-corrected chi connectivity index (χ1v) is 11.1. The summed E-state index contributed by atoms with van der Waals surface area (Å²) in [6.45, 7) is 3.01. The molecule has 0 saturated heterocycles. The Morgan fingerprint density at radius 1 is 1.18 bits per heavy atom. The zero-order chi connectivity index (χ0) is 19.4. The van der Waals surface area contributed by atoms with Crippen molar-refractivity contribution in [2.75, 3.05) is 13.3 Å². The van der Waals surface area contributed by atoms with Crippen molar-refractivity contribution >= 4 is 17.2 Å². The minimum Gasteiger partial charge on any atom is -0.454 e. The highest BCUT2D eigenvalue weighted by Gasteiger charge is 2.41. The smallest absolute Gasteiger partial charge is 0.231 e. The van der Waals surface area contributed by atoms with Crippen LogP contribution in [0.2, 0.25) is 0 Å². The van der Waals surface area contributed by atoms with Crippen LogP contribution >= 0.6 is 11.3 Å². The summed E-state index contributed by atoms with van der Waals surface area (Å²) in [7, 11) is 0. The van der Waals surface area contributed by atoms with E-state index in [4.69, 9.17) is 9.47 Å². The predicted octanol–water partition coefficient (Wildman–Crippen LogP) is 4.52. The molecular formula is C22H28N2O3S. The second kappa shape index (κ2) is 8.52. The van der Waals surface area contributed by atoms with E-state index in [2.05, 4.69) is 15.7 Å². The van der Waals surface area contributed by atoms with E-state index in [0.29, 0.717) is 0 Å². The molecule has 2 aliphatic rings. The molecule has 0 bridgehead atoms. The zero-order valence-corrected chi connectivity index (χ0v) is 17.3. The quantitative estimate of drug-likeness (QED) is 0.694. The van der Waals surface area contributed by atoms with Crippen molar-refractivity contribution in [1.82, 2.24) is 10.3 Å². The van der Waals surface area contributed by atoms with Crippen LogP contribution in [0.15, 0.2) is 23.6 Å². The number of ether oxygens (including phenoxy) is 2. The number of unbranched alkanes of at least 4 members (excludes halogenated alkanes) is 1. The summed E-state index contributed by atoms with van der Waals surface area (Å²) in [5.41, 5.74) is 1.72. The van der Waals surface area contributed by atoms with Crippen LogP contribution in [0.25, 0.3) is 0 Å². The third-order valence-electron chi connectivity index (χ3n) is 5.84. The van der Waals surface area contributed by atoms with Crippen LogP contribution in [-0.4, -0.2) is 24.2 Å². The summed E-state index contributed by atoms with van der Waals surface area (Å²) in [4.78, 5) is 17.8. The number of carbonyl (C=O) groups excluding carboxylic acids is 1. The molecule has 6 heteroatoms. The minimum atomic E-state index is -0.439. The van der Waals surface area contributed by atoms with Gasteiger partial charge in [-0.1, -0.05) is 25.3 Å². The number of carbonyl (C=O) groups is 1. The summed E-state index contributed by atoms with van der Waals surface area (Å²) < 4.78 is 11.0. The molecule has 28 heavy (non-hydrogen) atoms. The maximum atomic E-state index is 13.3. The molecular weight excluding hydrogens is 372 g/mol. The van der Waals surface area contributed by atoms with Gasteiger partial charge in [0.2, 0.25) is 12.7 Å². The molecule has 1 amide bonds. The number of amides is 1. The lowest BCUT2D eigenvalue weighted by atomic mass is 9.68. The molecule has 1 aromatic carbocycles. The van der Waals surface area contributed by atoms with Crippen molar-refractivity contribution in [1.29, 1.82) is 0 Å². The lowest BCUT2D eigenvalue weighted by molar-refractivity contribution is -0.128. The molecule has 1 aromatic heterocycles. The van der Waals surface area contributed by atoms with Gasteiger partial charge < -0.3 is 14.8 Å². The molecule has 0 atom stereocenters. The molecule has 0 radical (unpaired) electrons. The molecule has 150 valence electrons. The van der Waals surface area contributed by atoms with Crippen LogP contribution in [-0.2, 0) is 16.6 Å². The van der Waals surface area contributed by atoms with E-state index < -0.39 is 5.41 Å². The van der Waals surface area contributed by atoms with Crippen molar-refractivity contribution in [3.05, 3.63) is 39.8 Å². The Balaban J connectivity index is 1.37. The molecule has 0 spiro atoms. The third-order valence-corrected chi connectivity index (χ3v) is 6.86. The Bertz CT molecular complexity index is 827. The summed E-state index contributed by atoms with van der Waals surface area (Å²) in [6.07, 6.45) is 8.19.